The van der Waals surface area contributed by atoms with Crippen LogP contribution in [0.25, 0.3) is 0 Å². The molecular formula is C16H21N3O4. The van der Waals surface area contributed by atoms with Crippen LogP contribution in [0.15, 0.2) is 11.0 Å². The van der Waals surface area contributed by atoms with Gasteiger partial charge in [0.05, 0.1) is 5.92 Å². The molecule has 1 aromatic rings. The van der Waals surface area contributed by atoms with Gasteiger partial charge in [0.25, 0.3) is 11.5 Å². The second-order valence-electron chi connectivity index (χ2n) is 6.49. The van der Waals surface area contributed by atoms with Crippen molar-refractivity contribution in [1.82, 2.24) is 14.9 Å². The molecule has 0 aromatic carbocycles. The minimum atomic E-state index is -0.880. The van der Waals surface area contributed by atoms with Gasteiger partial charge in [-0.25, -0.2) is 4.98 Å². The van der Waals surface area contributed by atoms with Crippen LogP contribution >= 0.6 is 0 Å². The molecule has 23 heavy (non-hydrogen) atoms. The fourth-order valence-corrected chi connectivity index (χ4v) is 3.28. The van der Waals surface area contributed by atoms with Gasteiger partial charge in [0.15, 0.2) is 0 Å². The first-order chi connectivity index (χ1) is 11.0. The minimum absolute atomic E-state index is 0.00399. The van der Waals surface area contributed by atoms with Crippen molar-refractivity contribution in [2.24, 2.45) is 11.8 Å². The van der Waals surface area contributed by atoms with Gasteiger partial charge in [-0.2, -0.15) is 0 Å². The highest BCUT2D eigenvalue weighted by molar-refractivity contribution is 5.94. The zero-order valence-corrected chi connectivity index (χ0v) is 13.1. The van der Waals surface area contributed by atoms with E-state index < -0.39 is 23.4 Å². The summed E-state index contributed by atoms with van der Waals surface area (Å²) in [5, 5.41) is 9.32. The summed E-state index contributed by atoms with van der Waals surface area (Å²) in [4.78, 5) is 44.4. The van der Waals surface area contributed by atoms with Crippen LogP contribution in [0.2, 0.25) is 0 Å². The van der Waals surface area contributed by atoms with Gasteiger partial charge in [-0.3, -0.25) is 14.4 Å². The van der Waals surface area contributed by atoms with Crippen molar-refractivity contribution in [3.8, 4) is 0 Å². The van der Waals surface area contributed by atoms with Gasteiger partial charge in [-0.15, -0.1) is 0 Å². The molecule has 0 bridgehead atoms. The molecule has 124 valence electrons. The Morgan fingerprint density at radius 3 is 2.70 bits per heavy atom. The number of rotatable bonds is 5. The van der Waals surface area contributed by atoms with Crippen LogP contribution in [-0.4, -0.2) is 44.9 Å². The van der Waals surface area contributed by atoms with Crippen LogP contribution in [0.3, 0.4) is 0 Å². The monoisotopic (exact) mass is 319 g/mol. The summed E-state index contributed by atoms with van der Waals surface area (Å²) >= 11 is 0. The number of carbonyl (C=O) groups is 2. The summed E-state index contributed by atoms with van der Waals surface area (Å²) in [7, 11) is 0. The third kappa shape index (κ3) is 3.13. The molecule has 3 rings (SSSR count). The highest BCUT2D eigenvalue weighted by Crippen LogP contribution is 2.37. The lowest BCUT2D eigenvalue weighted by Crippen LogP contribution is -2.34. The van der Waals surface area contributed by atoms with Crippen molar-refractivity contribution >= 4 is 11.9 Å². The smallest absolute Gasteiger partial charge is 0.308 e. The number of aliphatic carboxylic acids is 1. The number of nitrogens with one attached hydrogen (secondary N) is 1. The lowest BCUT2D eigenvalue weighted by atomic mass is 9.92. The Hall–Kier alpha value is -2.18. The molecule has 2 fully saturated rings. The third-order valence-corrected chi connectivity index (χ3v) is 4.72. The Kier molecular flexibility index (Phi) is 4.19. The maximum absolute atomic E-state index is 12.6. The van der Waals surface area contributed by atoms with Crippen molar-refractivity contribution in [3.63, 3.8) is 0 Å². The second kappa shape index (κ2) is 6.14. The number of carboxylic acids is 1. The quantitative estimate of drug-likeness (QED) is 0.849. The van der Waals surface area contributed by atoms with Crippen LogP contribution in [0.5, 0.6) is 0 Å². The zero-order valence-electron chi connectivity index (χ0n) is 13.1. The summed E-state index contributed by atoms with van der Waals surface area (Å²) < 4.78 is 0. The maximum atomic E-state index is 12.6. The summed E-state index contributed by atoms with van der Waals surface area (Å²) in [5.41, 5.74) is -0.437. The number of aromatic nitrogens is 2. The number of H-pyrrole nitrogens is 1. The number of likely N-dealkylation sites (tertiary alicyclic amines) is 1. The van der Waals surface area contributed by atoms with E-state index in [0.29, 0.717) is 18.3 Å². The van der Waals surface area contributed by atoms with Gasteiger partial charge in [0.1, 0.15) is 11.4 Å². The van der Waals surface area contributed by atoms with Crippen molar-refractivity contribution in [1.29, 1.82) is 0 Å². The van der Waals surface area contributed by atoms with E-state index in [9.17, 15) is 19.5 Å². The molecule has 2 N–H and O–H groups in total. The van der Waals surface area contributed by atoms with Crippen molar-refractivity contribution in [3.05, 3.63) is 27.9 Å². The highest BCUT2D eigenvalue weighted by Gasteiger charge is 2.39. The summed E-state index contributed by atoms with van der Waals surface area (Å²) in [5.74, 6) is -0.971. The molecule has 1 aromatic heterocycles. The van der Waals surface area contributed by atoms with Crippen molar-refractivity contribution in [2.45, 2.75) is 38.5 Å². The van der Waals surface area contributed by atoms with Crippen molar-refractivity contribution in [2.75, 3.05) is 13.1 Å². The first kappa shape index (κ1) is 15.7. The summed E-state index contributed by atoms with van der Waals surface area (Å²) in [6.07, 6.45) is 4.99. The van der Waals surface area contributed by atoms with Crippen LogP contribution < -0.4 is 5.56 Å². The standard InChI is InChI=1S/C16H21N3O4/c1-2-3-10-7-19(8-12(10)16(22)23)15(21)11-6-17-13(9-4-5-9)18-14(11)20/h6,9-10,12H,2-5,7-8H2,1H3,(H,22,23)(H,17,18,20)/t10-,12-/m1/s1. The molecule has 7 heteroatoms. The van der Waals surface area contributed by atoms with Crippen molar-refractivity contribution < 1.29 is 14.7 Å². The van der Waals surface area contributed by atoms with E-state index in [1.165, 1.54) is 11.1 Å². The molecule has 0 spiro atoms. The number of aromatic amines is 1. The maximum Gasteiger partial charge on any atom is 0.308 e. The number of hydrogen-bond acceptors (Lipinski definition) is 4. The number of carboxylic acid groups (broad SMARTS) is 1. The molecule has 0 unspecified atom stereocenters. The third-order valence-electron chi connectivity index (χ3n) is 4.72. The fraction of sp³-hybridized carbons (Fsp3) is 0.625. The Balaban J connectivity index is 1.78. The highest BCUT2D eigenvalue weighted by atomic mass is 16.4. The van der Waals surface area contributed by atoms with Gasteiger partial charge in [-0.1, -0.05) is 13.3 Å². The molecule has 1 amide bonds. The average molecular weight is 319 g/mol. The van der Waals surface area contributed by atoms with Crippen LogP contribution in [0, 0.1) is 11.8 Å². The van der Waals surface area contributed by atoms with Gasteiger partial charge >= 0.3 is 5.97 Å². The second-order valence-corrected chi connectivity index (χ2v) is 6.49. The first-order valence-electron chi connectivity index (χ1n) is 8.12. The molecule has 2 heterocycles. The molecular weight excluding hydrogens is 298 g/mol. The van der Waals surface area contributed by atoms with Gasteiger partial charge in [-0.05, 0) is 25.2 Å². The van der Waals surface area contributed by atoms with E-state index in [4.69, 9.17) is 0 Å². The predicted octanol–water partition coefficient (Wildman–Crippen LogP) is 1.22. The van der Waals surface area contributed by atoms with E-state index >= 15 is 0 Å². The van der Waals surface area contributed by atoms with E-state index in [1.807, 2.05) is 6.92 Å². The molecule has 1 saturated heterocycles. The van der Waals surface area contributed by atoms with Crippen LogP contribution in [-0.2, 0) is 4.79 Å². The molecule has 7 nitrogen and oxygen atoms in total. The molecule has 1 saturated carbocycles. The Bertz CT molecular complexity index is 680. The molecule has 2 atom stereocenters. The fourth-order valence-electron chi connectivity index (χ4n) is 3.28. The molecule has 1 aliphatic carbocycles. The minimum Gasteiger partial charge on any atom is -0.481 e. The lowest BCUT2D eigenvalue weighted by Gasteiger charge is -2.15. The van der Waals surface area contributed by atoms with E-state index in [0.717, 1.165) is 25.7 Å². The summed E-state index contributed by atoms with van der Waals surface area (Å²) in [6.45, 7) is 2.53. The Labute approximate surface area is 133 Å². The van der Waals surface area contributed by atoms with Gasteiger partial charge < -0.3 is 15.0 Å². The Morgan fingerprint density at radius 2 is 2.13 bits per heavy atom. The molecule has 2 aliphatic rings. The molecule has 1 aliphatic heterocycles. The summed E-state index contributed by atoms with van der Waals surface area (Å²) in [6, 6.07) is 0. The number of amides is 1. The van der Waals surface area contributed by atoms with E-state index in [-0.39, 0.29) is 18.0 Å². The van der Waals surface area contributed by atoms with Crippen LogP contribution in [0.1, 0.15) is 54.7 Å². The topological polar surface area (TPSA) is 103 Å². The predicted molar refractivity (Wildman–Crippen MR) is 82.3 cm³/mol. The molecule has 0 radical (unpaired) electrons. The largest absolute Gasteiger partial charge is 0.481 e. The SMILES string of the molecule is CCC[C@@H]1CN(C(=O)c2cnc(C3CC3)[nH]c2=O)C[C@H]1C(=O)O. The Morgan fingerprint density at radius 1 is 1.39 bits per heavy atom. The zero-order chi connectivity index (χ0) is 16.6. The lowest BCUT2D eigenvalue weighted by molar-refractivity contribution is -0.142. The number of nitrogens with zero attached hydrogens (tertiary/aromatic N) is 2. The van der Waals surface area contributed by atoms with Gasteiger partial charge in [0, 0.05) is 25.2 Å². The number of carbonyl (C=O) groups excluding carboxylic acids is 1. The van der Waals surface area contributed by atoms with Gasteiger partial charge in [0.2, 0.25) is 0 Å². The first-order valence-corrected chi connectivity index (χ1v) is 8.12. The normalized spacial score (nSPS) is 24.0. The van der Waals surface area contributed by atoms with E-state index in [2.05, 4.69) is 9.97 Å². The average Bonchev–Trinajstić information content (AvgIpc) is 3.27. The van der Waals surface area contributed by atoms with Crippen LogP contribution in [0.4, 0.5) is 0 Å². The number of hydrogen-bond donors (Lipinski definition) is 2. The van der Waals surface area contributed by atoms with E-state index in [1.54, 1.807) is 0 Å².